The maximum absolute atomic E-state index is 12.3. The van der Waals surface area contributed by atoms with Gasteiger partial charge in [-0.1, -0.05) is 30.3 Å². The number of anilines is 2. The van der Waals surface area contributed by atoms with Crippen molar-refractivity contribution in [1.82, 2.24) is 5.32 Å². The molecule has 142 valence electrons. The van der Waals surface area contributed by atoms with Crippen LogP contribution in [0.2, 0.25) is 0 Å². The standard InChI is InChI=1S/C22H27N3O2/c1-16-10-11-19-7-3-4-9-21(19)25(16)13-12-22(27)23-15-18-6-5-8-20(14-18)24-17(2)26/h3-9,14,16H,10-13,15H2,1-2H3,(H,23,27)(H,24,26). The van der Waals surface area contributed by atoms with Gasteiger partial charge in [-0.05, 0) is 49.1 Å². The zero-order chi connectivity index (χ0) is 19.2. The van der Waals surface area contributed by atoms with Crippen molar-refractivity contribution < 1.29 is 9.59 Å². The van der Waals surface area contributed by atoms with Crippen LogP contribution in [0.4, 0.5) is 11.4 Å². The number of hydrogen-bond donors (Lipinski definition) is 2. The fourth-order valence-electron chi connectivity index (χ4n) is 3.57. The Hall–Kier alpha value is -2.82. The van der Waals surface area contributed by atoms with E-state index in [0.717, 1.165) is 30.6 Å². The van der Waals surface area contributed by atoms with E-state index >= 15 is 0 Å². The molecule has 0 spiro atoms. The van der Waals surface area contributed by atoms with Gasteiger partial charge in [0.1, 0.15) is 0 Å². The summed E-state index contributed by atoms with van der Waals surface area (Å²) in [6.07, 6.45) is 2.68. The summed E-state index contributed by atoms with van der Waals surface area (Å²) >= 11 is 0. The van der Waals surface area contributed by atoms with Crippen molar-refractivity contribution in [2.24, 2.45) is 0 Å². The first-order chi connectivity index (χ1) is 13.0. The number of hydrogen-bond acceptors (Lipinski definition) is 3. The first-order valence-corrected chi connectivity index (χ1v) is 9.50. The third-order valence-electron chi connectivity index (χ3n) is 4.98. The summed E-state index contributed by atoms with van der Waals surface area (Å²) in [6.45, 7) is 4.88. The molecule has 2 N–H and O–H groups in total. The predicted octanol–water partition coefficient (Wildman–Crippen LogP) is 3.49. The van der Waals surface area contributed by atoms with Gasteiger partial charge in [-0.3, -0.25) is 9.59 Å². The molecular formula is C22H27N3O2. The number of nitrogens with one attached hydrogen (secondary N) is 2. The van der Waals surface area contributed by atoms with E-state index in [9.17, 15) is 9.59 Å². The van der Waals surface area contributed by atoms with Crippen LogP contribution in [0.25, 0.3) is 0 Å². The molecule has 1 aliphatic heterocycles. The zero-order valence-corrected chi connectivity index (χ0v) is 16.0. The smallest absolute Gasteiger partial charge is 0.222 e. The molecule has 3 rings (SSSR count). The highest BCUT2D eigenvalue weighted by atomic mass is 16.2. The maximum atomic E-state index is 12.3. The van der Waals surface area contributed by atoms with E-state index in [1.807, 2.05) is 24.3 Å². The Kier molecular flexibility index (Phi) is 6.12. The quantitative estimate of drug-likeness (QED) is 0.824. The van der Waals surface area contributed by atoms with Crippen LogP contribution in [0, 0.1) is 0 Å². The van der Waals surface area contributed by atoms with Gasteiger partial charge in [-0.2, -0.15) is 0 Å². The van der Waals surface area contributed by atoms with Crippen molar-refractivity contribution in [2.45, 2.75) is 45.7 Å². The van der Waals surface area contributed by atoms with Crippen LogP contribution in [0.15, 0.2) is 48.5 Å². The first-order valence-electron chi connectivity index (χ1n) is 9.50. The molecule has 2 aromatic carbocycles. The Morgan fingerprint density at radius 2 is 1.96 bits per heavy atom. The minimum absolute atomic E-state index is 0.0372. The summed E-state index contributed by atoms with van der Waals surface area (Å²) in [6, 6.07) is 16.4. The van der Waals surface area contributed by atoms with Gasteiger partial charge in [0.2, 0.25) is 11.8 Å². The Labute approximate surface area is 160 Å². The number of benzene rings is 2. The van der Waals surface area contributed by atoms with E-state index in [4.69, 9.17) is 0 Å². The molecule has 1 heterocycles. The number of carbonyl (C=O) groups excluding carboxylic acids is 2. The van der Waals surface area contributed by atoms with Crippen molar-refractivity contribution in [3.8, 4) is 0 Å². The van der Waals surface area contributed by atoms with Gasteiger partial charge < -0.3 is 15.5 Å². The number of fused-ring (bicyclic) bond motifs is 1. The highest BCUT2D eigenvalue weighted by Gasteiger charge is 2.22. The molecule has 5 heteroatoms. The molecule has 5 nitrogen and oxygen atoms in total. The third-order valence-corrected chi connectivity index (χ3v) is 4.98. The van der Waals surface area contributed by atoms with Gasteiger partial charge in [-0.15, -0.1) is 0 Å². The number of amides is 2. The second kappa shape index (κ2) is 8.71. The molecular weight excluding hydrogens is 338 g/mol. The first kappa shape index (κ1) is 19.0. The Morgan fingerprint density at radius 1 is 1.15 bits per heavy atom. The van der Waals surface area contributed by atoms with Crippen LogP contribution in [-0.2, 0) is 22.6 Å². The van der Waals surface area contributed by atoms with E-state index in [1.54, 1.807) is 0 Å². The van der Waals surface area contributed by atoms with E-state index in [-0.39, 0.29) is 11.8 Å². The molecule has 0 saturated carbocycles. The molecule has 0 fully saturated rings. The van der Waals surface area contributed by atoms with Crippen molar-refractivity contribution in [3.63, 3.8) is 0 Å². The lowest BCUT2D eigenvalue weighted by Crippen LogP contribution is -2.39. The summed E-state index contributed by atoms with van der Waals surface area (Å²) < 4.78 is 0. The number of nitrogens with zero attached hydrogens (tertiary/aromatic N) is 1. The lowest BCUT2D eigenvalue weighted by atomic mass is 9.96. The average molecular weight is 365 g/mol. The summed E-state index contributed by atoms with van der Waals surface area (Å²) in [5.74, 6) is -0.0673. The van der Waals surface area contributed by atoms with Crippen LogP contribution in [0.3, 0.4) is 0 Å². The largest absolute Gasteiger partial charge is 0.368 e. The van der Waals surface area contributed by atoms with E-state index < -0.39 is 0 Å². The lowest BCUT2D eigenvalue weighted by Gasteiger charge is -2.37. The van der Waals surface area contributed by atoms with Crippen LogP contribution < -0.4 is 15.5 Å². The third kappa shape index (κ3) is 5.09. The minimum atomic E-state index is -0.105. The Bertz CT molecular complexity index is 819. The summed E-state index contributed by atoms with van der Waals surface area (Å²) in [4.78, 5) is 25.8. The van der Waals surface area contributed by atoms with Crippen molar-refractivity contribution in [3.05, 3.63) is 59.7 Å². The second-order valence-electron chi connectivity index (χ2n) is 7.12. The van der Waals surface area contributed by atoms with E-state index in [0.29, 0.717) is 19.0 Å². The monoisotopic (exact) mass is 365 g/mol. The molecule has 0 aliphatic carbocycles. The minimum Gasteiger partial charge on any atom is -0.368 e. The molecule has 27 heavy (non-hydrogen) atoms. The van der Waals surface area contributed by atoms with Crippen molar-refractivity contribution >= 4 is 23.2 Å². The van der Waals surface area contributed by atoms with Gasteiger partial charge >= 0.3 is 0 Å². The molecule has 0 radical (unpaired) electrons. The van der Waals surface area contributed by atoms with Crippen LogP contribution >= 0.6 is 0 Å². The van der Waals surface area contributed by atoms with Crippen molar-refractivity contribution in [2.75, 3.05) is 16.8 Å². The van der Waals surface area contributed by atoms with Gasteiger partial charge in [0.25, 0.3) is 0 Å². The fourth-order valence-corrected chi connectivity index (χ4v) is 3.57. The van der Waals surface area contributed by atoms with Gasteiger partial charge in [0, 0.05) is 43.9 Å². The average Bonchev–Trinajstić information content (AvgIpc) is 2.65. The number of para-hydroxylation sites is 1. The SMILES string of the molecule is CC(=O)Nc1cccc(CNC(=O)CCN2c3ccccc3CCC2C)c1. The number of rotatable bonds is 6. The van der Waals surface area contributed by atoms with Crippen LogP contribution in [0.5, 0.6) is 0 Å². The summed E-state index contributed by atoms with van der Waals surface area (Å²) in [7, 11) is 0. The van der Waals surface area contributed by atoms with Gasteiger partial charge in [0.05, 0.1) is 0 Å². The fraction of sp³-hybridized carbons (Fsp3) is 0.364. The molecule has 1 unspecified atom stereocenters. The molecule has 2 amide bonds. The summed E-state index contributed by atoms with van der Waals surface area (Å²) in [5.41, 5.74) is 4.33. The molecule has 2 aromatic rings. The maximum Gasteiger partial charge on any atom is 0.222 e. The van der Waals surface area contributed by atoms with Gasteiger partial charge in [0.15, 0.2) is 0 Å². The molecule has 0 aromatic heterocycles. The zero-order valence-electron chi connectivity index (χ0n) is 16.0. The highest BCUT2D eigenvalue weighted by Crippen LogP contribution is 2.30. The molecule has 1 atom stereocenters. The lowest BCUT2D eigenvalue weighted by molar-refractivity contribution is -0.121. The van der Waals surface area contributed by atoms with E-state index in [1.165, 1.54) is 18.2 Å². The molecule has 1 aliphatic rings. The highest BCUT2D eigenvalue weighted by molar-refractivity contribution is 5.88. The normalized spacial score (nSPS) is 15.8. The summed E-state index contributed by atoms with van der Waals surface area (Å²) in [5, 5.41) is 5.74. The molecule has 0 bridgehead atoms. The molecule has 0 saturated heterocycles. The predicted molar refractivity (Wildman–Crippen MR) is 109 cm³/mol. The van der Waals surface area contributed by atoms with Gasteiger partial charge in [-0.25, -0.2) is 0 Å². The van der Waals surface area contributed by atoms with E-state index in [2.05, 4.69) is 46.7 Å². The van der Waals surface area contributed by atoms with Crippen molar-refractivity contribution in [1.29, 1.82) is 0 Å². The number of carbonyl (C=O) groups is 2. The topological polar surface area (TPSA) is 61.4 Å². The Balaban J connectivity index is 1.52. The second-order valence-corrected chi connectivity index (χ2v) is 7.12. The van der Waals surface area contributed by atoms with Crippen LogP contribution in [-0.4, -0.2) is 24.4 Å². The van der Waals surface area contributed by atoms with Crippen LogP contribution in [0.1, 0.15) is 37.8 Å². The Morgan fingerprint density at radius 3 is 2.78 bits per heavy atom. The number of aryl methyl sites for hydroxylation is 1.